The minimum atomic E-state index is -0.983. The van der Waals surface area contributed by atoms with Gasteiger partial charge >= 0.3 is 5.97 Å². The number of carboxylic acid groups (broad SMARTS) is 1. The van der Waals surface area contributed by atoms with Crippen LogP contribution in [0, 0.1) is 6.92 Å². The summed E-state index contributed by atoms with van der Waals surface area (Å²) in [4.78, 5) is 36.9. The first-order valence-electron chi connectivity index (χ1n) is 9.54. The number of hydrogen-bond donors (Lipinski definition) is 1. The summed E-state index contributed by atoms with van der Waals surface area (Å²) in [5, 5.41) is 9.09. The largest absolute Gasteiger partial charge is 0.478 e. The van der Waals surface area contributed by atoms with Crippen LogP contribution in [0.4, 0.5) is 5.82 Å². The molecule has 0 unspecified atom stereocenters. The Morgan fingerprint density at radius 2 is 1.82 bits per heavy atom. The monoisotopic (exact) mass is 382 g/mol. The number of carbonyl (C=O) groups excluding carboxylic acids is 1. The van der Waals surface area contributed by atoms with Crippen LogP contribution in [-0.4, -0.2) is 58.0 Å². The van der Waals surface area contributed by atoms with Crippen molar-refractivity contribution in [3.05, 3.63) is 53.0 Å². The highest BCUT2D eigenvalue weighted by molar-refractivity contribution is 5.88. The summed E-state index contributed by atoms with van der Waals surface area (Å²) in [6.07, 6.45) is 0.214. The van der Waals surface area contributed by atoms with E-state index in [9.17, 15) is 9.59 Å². The molecule has 1 saturated heterocycles. The Kier molecular flexibility index (Phi) is 5.92. The van der Waals surface area contributed by atoms with Crippen molar-refractivity contribution < 1.29 is 14.7 Å². The standard InChI is InChI=1S/C21H26N4O3/c1-14(2)20-22-15(3)11-18(23-20)24-7-9-25(10-8-24)19(26)13-16-5-4-6-17(12-16)21(27)28/h4-6,11-12,14H,7-10,13H2,1-3H3,(H,27,28). The molecule has 1 fully saturated rings. The van der Waals surface area contributed by atoms with Crippen molar-refractivity contribution in [1.82, 2.24) is 14.9 Å². The molecular weight excluding hydrogens is 356 g/mol. The molecule has 148 valence electrons. The van der Waals surface area contributed by atoms with Gasteiger partial charge in [-0.15, -0.1) is 0 Å². The SMILES string of the molecule is Cc1cc(N2CCN(C(=O)Cc3cccc(C(=O)O)c3)CC2)nc(C(C)C)n1. The van der Waals surface area contributed by atoms with E-state index in [1.165, 1.54) is 6.07 Å². The van der Waals surface area contributed by atoms with Gasteiger partial charge in [0.05, 0.1) is 12.0 Å². The molecule has 1 aliphatic heterocycles. The number of aromatic nitrogens is 2. The van der Waals surface area contributed by atoms with Crippen molar-refractivity contribution in [1.29, 1.82) is 0 Å². The molecular formula is C21H26N4O3. The van der Waals surface area contributed by atoms with E-state index in [4.69, 9.17) is 5.11 Å². The number of aromatic carboxylic acids is 1. The van der Waals surface area contributed by atoms with Gasteiger partial charge in [-0.2, -0.15) is 0 Å². The van der Waals surface area contributed by atoms with E-state index >= 15 is 0 Å². The van der Waals surface area contributed by atoms with Gasteiger partial charge in [0.1, 0.15) is 11.6 Å². The third kappa shape index (κ3) is 4.65. The highest BCUT2D eigenvalue weighted by Crippen LogP contribution is 2.19. The second-order valence-electron chi connectivity index (χ2n) is 7.43. The average molecular weight is 382 g/mol. The van der Waals surface area contributed by atoms with Crippen LogP contribution in [0.2, 0.25) is 0 Å². The summed E-state index contributed by atoms with van der Waals surface area (Å²) >= 11 is 0. The van der Waals surface area contributed by atoms with Crippen molar-refractivity contribution in [2.45, 2.75) is 33.1 Å². The maximum Gasteiger partial charge on any atom is 0.335 e. The molecule has 0 aliphatic carbocycles. The molecule has 2 heterocycles. The first-order chi connectivity index (χ1) is 13.3. The molecule has 2 aromatic rings. The van der Waals surface area contributed by atoms with Crippen LogP contribution >= 0.6 is 0 Å². The maximum absolute atomic E-state index is 12.6. The maximum atomic E-state index is 12.6. The number of rotatable bonds is 5. The number of anilines is 1. The smallest absolute Gasteiger partial charge is 0.335 e. The summed E-state index contributed by atoms with van der Waals surface area (Å²) in [7, 11) is 0. The molecule has 0 spiro atoms. The van der Waals surface area contributed by atoms with Gasteiger partial charge in [0.15, 0.2) is 0 Å². The number of nitrogens with zero attached hydrogens (tertiary/aromatic N) is 4. The van der Waals surface area contributed by atoms with Crippen molar-refractivity contribution in [3.63, 3.8) is 0 Å². The van der Waals surface area contributed by atoms with E-state index in [2.05, 4.69) is 28.7 Å². The number of carboxylic acids is 1. The number of piperazine rings is 1. The summed E-state index contributed by atoms with van der Waals surface area (Å²) in [6, 6.07) is 8.55. The van der Waals surface area contributed by atoms with E-state index in [-0.39, 0.29) is 23.8 Å². The van der Waals surface area contributed by atoms with Gasteiger partial charge < -0.3 is 14.9 Å². The van der Waals surface area contributed by atoms with Gasteiger partial charge in [-0.05, 0) is 24.6 Å². The van der Waals surface area contributed by atoms with Crippen LogP contribution in [-0.2, 0) is 11.2 Å². The normalized spacial score (nSPS) is 14.4. The summed E-state index contributed by atoms with van der Waals surface area (Å²) in [5.41, 5.74) is 1.88. The Morgan fingerprint density at radius 3 is 2.46 bits per heavy atom. The number of benzene rings is 1. The van der Waals surface area contributed by atoms with Crippen LogP contribution in [0.15, 0.2) is 30.3 Å². The van der Waals surface area contributed by atoms with Gasteiger partial charge in [-0.25, -0.2) is 14.8 Å². The molecule has 7 nitrogen and oxygen atoms in total. The van der Waals surface area contributed by atoms with E-state index < -0.39 is 5.97 Å². The molecule has 1 aromatic carbocycles. The fourth-order valence-corrected chi connectivity index (χ4v) is 3.28. The Balaban J connectivity index is 1.61. The van der Waals surface area contributed by atoms with E-state index in [1.54, 1.807) is 18.2 Å². The minimum Gasteiger partial charge on any atom is -0.478 e. The van der Waals surface area contributed by atoms with E-state index in [1.807, 2.05) is 17.9 Å². The predicted molar refractivity (Wildman–Crippen MR) is 107 cm³/mol. The molecule has 3 rings (SSSR count). The third-order valence-corrected chi connectivity index (χ3v) is 4.86. The predicted octanol–water partition coefficient (Wildman–Crippen LogP) is 2.50. The van der Waals surface area contributed by atoms with E-state index in [0.717, 1.165) is 36.0 Å². The highest BCUT2D eigenvalue weighted by Gasteiger charge is 2.23. The molecule has 0 radical (unpaired) electrons. The summed E-state index contributed by atoms with van der Waals surface area (Å²) in [5.74, 6) is 1.06. The Bertz CT molecular complexity index is 874. The van der Waals surface area contributed by atoms with Crippen molar-refractivity contribution in [3.8, 4) is 0 Å². The molecule has 28 heavy (non-hydrogen) atoms. The Labute approximate surface area is 165 Å². The zero-order chi connectivity index (χ0) is 20.3. The topological polar surface area (TPSA) is 86.6 Å². The quantitative estimate of drug-likeness (QED) is 0.855. The van der Waals surface area contributed by atoms with Gasteiger partial charge in [0, 0.05) is 43.9 Å². The van der Waals surface area contributed by atoms with Gasteiger partial charge in [-0.3, -0.25) is 4.79 Å². The van der Waals surface area contributed by atoms with Crippen LogP contribution in [0.3, 0.4) is 0 Å². The Hall–Kier alpha value is -2.96. The van der Waals surface area contributed by atoms with E-state index in [0.29, 0.717) is 13.1 Å². The van der Waals surface area contributed by atoms with Crippen molar-refractivity contribution >= 4 is 17.7 Å². The second-order valence-corrected chi connectivity index (χ2v) is 7.43. The molecule has 1 aliphatic rings. The lowest BCUT2D eigenvalue weighted by Gasteiger charge is -2.35. The van der Waals surface area contributed by atoms with Crippen molar-refractivity contribution in [2.24, 2.45) is 0 Å². The zero-order valence-electron chi connectivity index (χ0n) is 16.6. The van der Waals surface area contributed by atoms with Crippen LogP contribution < -0.4 is 4.90 Å². The Morgan fingerprint density at radius 1 is 1.11 bits per heavy atom. The number of amides is 1. The van der Waals surface area contributed by atoms with Gasteiger partial charge in [-0.1, -0.05) is 26.0 Å². The van der Waals surface area contributed by atoms with Gasteiger partial charge in [0.25, 0.3) is 0 Å². The van der Waals surface area contributed by atoms with Gasteiger partial charge in [0.2, 0.25) is 5.91 Å². The fraction of sp³-hybridized carbons (Fsp3) is 0.429. The summed E-state index contributed by atoms with van der Waals surface area (Å²) in [6.45, 7) is 8.81. The third-order valence-electron chi connectivity index (χ3n) is 4.86. The number of aryl methyl sites for hydroxylation is 1. The fourth-order valence-electron chi connectivity index (χ4n) is 3.28. The molecule has 1 N–H and O–H groups in total. The zero-order valence-corrected chi connectivity index (χ0v) is 16.6. The molecule has 0 bridgehead atoms. The van der Waals surface area contributed by atoms with Crippen LogP contribution in [0.1, 0.15) is 47.2 Å². The van der Waals surface area contributed by atoms with Crippen LogP contribution in [0.25, 0.3) is 0 Å². The lowest BCUT2D eigenvalue weighted by Crippen LogP contribution is -2.49. The lowest BCUT2D eigenvalue weighted by atomic mass is 10.1. The van der Waals surface area contributed by atoms with Crippen LogP contribution in [0.5, 0.6) is 0 Å². The molecule has 1 aromatic heterocycles. The molecule has 0 saturated carbocycles. The highest BCUT2D eigenvalue weighted by atomic mass is 16.4. The first-order valence-corrected chi connectivity index (χ1v) is 9.54. The minimum absolute atomic E-state index is 0.0175. The average Bonchev–Trinajstić information content (AvgIpc) is 2.67. The molecule has 1 amide bonds. The number of carbonyl (C=O) groups is 2. The van der Waals surface area contributed by atoms with Crippen molar-refractivity contribution in [2.75, 3.05) is 31.1 Å². The number of hydrogen-bond acceptors (Lipinski definition) is 5. The summed E-state index contributed by atoms with van der Waals surface area (Å²) < 4.78 is 0. The lowest BCUT2D eigenvalue weighted by molar-refractivity contribution is -0.130. The first kappa shape index (κ1) is 19.8. The molecule has 0 atom stereocenters. The molecule has 7 heteroatoms. The second kappa shape index (κ2) is 8.37.